The molecule has 2 aromatic heterocycles. The monoisotopic (exact) mass is 412 g/mol. The average Bonchev–Trinajstić information content (AvgIpc) is 3.28. The molecule has 0 spiro atoms. The molecule has 0 aliphatic carbocycles. The Morgan fingerprint density at radius 2 is 2.00 bits per heavy atom. The topological polar surface area (TPSA) is 59.8 Å². The minimum atomic E-state index is -0.501. The van der Waals surface area contributed by atoms with E-state index < -0.39 is 11.7 Å². The van der Waals surface area contributed by atoms with Crippen LogP contribution in [0.2, 0.25) is 5.02 Å². The van der Waals surface area contributed by atoms with Crippen LogP contribution >= 0.6 is 22.9 Å². The Balaban J connectivity index is 1.73. The number of imidazole rings is 1. The Kier molecular flexibility index (Phi) is 4.93. The number of halogens is 2. The third kappa shape index (κ3) is 3.54. The molecule has 4 rings (SSSR count). The molecule has 5 nitrogen and oxygen atoms in total. The van der Waals surface area contributed by atoms with Crippen LogP contribution in [0.15, 0.2) is 60.9 Å². The third-order valence-corrected chi connectivity index (χ3v) is 5.37. The second-order valence-electron chi connectivity index (χ2n) is 6.00. The zero-order valence-electron chi connectivity index (χ0n) is 14.7. The van der Waals surface area contributed by atoms with Crippen molar-refractivity contribution in [1.29, 1.82) is 0 Å². The number of carbonyl (C=O) groups is 1. The Morgan fingerprint density at radius 1 is 1.21 bits per heavy atom. The van der Waals surface area contributed by atoms with Gasteiger partial charge in [-0.15, -0.1) is 0 Å². The first-order valence-corrected chi connectivity index (χ1v) is 9.52. The smallest absolute Gasteiger partial charge is 0.258 e. The summed E-state index contributed by atoms with van der Waals surface area (Å²) in [5.41, 5.74) is 1.82. The average molecular weight is 413 g/mol. The van der Waals surface area contributed by atoms with Crippen molar-refractivity contribution in [3.8, 4) is 22.0 Å². The number of hydrogen-bond acceptors (Lipinski definition) is 4. The Morgan fingerprint density at radius 3 is 2.68 bits per heavy atom. The van der Waals surface area contributed by atoms with Crippen molar-refractivity contribution in [3.05, 3.63) is 77.3 Å². The van der Waals surface area contributed by atoms with Gasteiger partial charge in [-0.3, -0.25) is 10.1 Å². The molecule has 1 amide bonds. The van der Waals surface area contributed by atoms with Crippen LogP contribution in [-0.4, -0.2) is 20.4 Å². The van der Waals surface area contributed by atoms with Gasteiger partial charge in [0.15, 0.2) is 11.0 Å². The highest BCUT2D eigenvalue weighted by Crippen LogP contribution is 2.38. The first kappa shape index (κ1) is 18.3. The first-order valence-electron chi connectivity index (χ1n) is 8.33. The fraction of sp³-hybridized carbons (Fsp3) is 0.0500. The van der Waals surface area contributed by atoms with Crippen LogP contribution in [0.3, 0.4) is 0 Å². The lowest BCUT2D eigenvalue weighted by molar-refractivity contribution is 0.102. The van der Waals surface area contributed by atoms with Crippen molar-refractivity contribution < 1.29 is 9.18 Å². The zero-order chi connectivity index (χ0) is 19.7. The van der Waals surface area contributed by atoms with Crippen LogP contribution in [0, 0.1) is 5.82 Å². The molecule has 2 heterocycles. The number of anilines is 1. The molecule has 0 saturated heterocycles. The van der Waals surface area contributed by atoms with Crippen LogP contribution in [0.25, 0.3) is 22.0 Å². The van der Waals surface area contributed by atoms with Gasteiger partial charge in [-0.05, 0) is 18.2 Å². The number of nitrogens with one attached hydrogen (secondary N) is 1. The number of benzene rings is 2. The van der Waals surface area contributed by atoms with Gasteiger partial charge in [-0.25, -0.2) is 14.4 Å². The summed E-state index contributed by atoms with van der Waals surface area (Å²) in [6.07, 6.45) is 3.56. The fourth-order valence-corrected chi connectivity index (χ4v) is 4.01. The standard InChI is InChI=1S/C20H14ClFN4OS/c1-26-10-9-23-18(26)17-16(12-5-3-2-4-6-12)24-20(28-17)25-19(27)14-8-7-13(22)11-15(14)21/h2-11H,1H3,(H,24,25,27). The van der Waals surface area contributed by atoms with Gasteiger partial charge in [-0.1, -0.05) is 53.3 Å². The van der Waals surface area contributed by atoms with Gasteiger partial charge in [-0.2, -0.15) is 0 Å². The summed E-state index contributed by atoms with van der Waals surface area (Å²) < 4.78 is 15.1. The molecule has 0 aliphatic rings. The first-order chi connectivity index (χ1) is 13.5. The van der Waals surface area contributed by atoms with E-state index in [0.717, 1.165) is 28.0 Å². The molecule has 0 fully saturated rings. The van der Waals surface area contributed by atoms with Crippen molar-refractivity contribution in [3.63, 3.8) is 0 Å². The molecule has 0 atom stereocenters. The minimum absolute atomic E-state index is 0.0432. The summed E-state index contributed by atoms with van der Waals surface area (Å²) in [6, 6.07) is 13.3. The van der Waals surface area contributed by atoms with Crippen LogP contribution < -0.4 is 5.32 Å². The van der Waals surface area contributed by atoms with Crippen LogP contribution in [0.5, 0.6) is 0 Å². The van der Waals surface area contributed by atoms with Gasteiger partial charge in [0.2, 0.25) is 0 Å². The molecule has 140 valence electrons. The summed E-state index contributed by atoms with van der Waals surface area (Å²) in [4.78, 5) is 22.4. The van der Waals surface area contributed by atoms with Crippen molar-refractivity contribution in [1.82, 2.24) is 14.5 Å². The highest BCUT2D eigenvalue weighted by atomic mass is 35.5. The van der Waals surface area contributed by atoms with E-state index in [-0.39, 0.29) is 10.6 Å². The third-order valence-electron chi connectivity index (χ3n) is 4.09. The molecule has 0 unspecified atom stereocenters. The molecule has 2 aromatic carbocycles. The molecule has 8 heteroatoms. The quantitative estimate of drug-likeness (QED) is 0.497. The van der Waals surface area contributed by atoms with E-state index >= 15 is 0 Å². The lowest BCUT2D eigenvalue weighted by Gasteiger charge is -2.03. The predicted molar refractivity (Wildman–Crippen MR) is 109 cm³/mol. The van der Waals surface area contributed by atoms with Crippen LogP contribution in [0.1, 0.15) is 10.4 Å². The Bertz CT molecular complexity index is 1160. The van der Waals surface area contributed by atoms with Gasteiger partial charge >= 0.3 is 0 Å². The van der Waals surface area contributed by atoms with Gasteiger partial charge < -0.3 is 4.57 Å². The predicted octanol–water partition coefficient (Wildman–Crippen LogP) is 5.26. The maximum Gasteiger partial charge on any atom is 0.258 e. The highest BCUT2D eigenvalue weighted by molar-refractivity contribution is 7.19. The van der Waals surface area contributed by atoms with E-state index in [0.29, 0.717) is 5.13 Å². The number of nitrogens with zero attached hydrogens (tertiary/aromatic N) is 3. The SMILES string of the molecule is Cn1ccnc1-c1sc(NC(=O)c2ccc(F)cc2Cl)nc1-c1ccccc1. The van der Waals surface area contributed by atoms with Crippen molar-refractivity contribution in [2.75, 3.05) is 5.32 Å². The van der Waals surface area contributed by atoms with E-state index in [9.17, 15) is 9.18 Å². The van der Waals surface area contributed by atoms with Crippen molar-refractivity contribution >= 4 is 34.0 Å². The van der Waals surface area contributed by atoms with E-state index in [1.165, 1.54) is 23.5 Å². The molecule has 1 N–H and O–H groups in total. The molecule has 0 saturated carbocycles. The number of thiazole rings is 1. The van der Waals surface area contributed by atoms with Crippen LogP contribution in [0.4, 0.5) is 9.52 Å². The van der Waals surface area contributed by atoms with E-state index in [1.54, 1.807) is 6.20 Å². The number of amides is 1. The van der Waals surface area contributed by atoms with Crippen molar-refractivity contribution in [2.24, 2.45) is 7.05 Å². The largest absolute Gasteiger partial charge is 0.333 e. The molecular weight excluding hydrogens is 399 g/mol. The Hall–Kier alpha value is -3.03. The second kappa shape index (κ2) is 7.53. The van der Waals surface area contributed by atoms with E-state index in [2.05, 4.69) is 15.3 Å². The summed E-state index contributed by atoms with van der Waals surface area (Å²) in [5, 5.41) is 3.20. The van der Waals surface area contributed by atoms with E-state index in [1.807, 2.05) is 48.1 Å². The lowest BCUT2D eigenvalue weighted by atomic mass is 10.1. The number of hydrogen-bond donors (Lipinski definition) is 1. The van der Waals surface area contributed by atoms with Gasteiger partial charge in [0.1, 0.15) is 5.82 Å². The number of rotatable bonds is 4. The lowest BCUT2D eigenvalue weighted by Crippen LogP contribution is -2.12. The summed E-state index contributed by atoms with van der Waals surface area (Å²) >= 11 is 7.31. The molecule has 4 aromatic rings. The highest BCUT2D eigenvalue weighted by Gasteiger charge is 2.20. The fourth-order valence-electron chi connectivity index (χ4n) is 2.74. The Labute approximate surface area is 169 Å². The zero-order valence-corrected chi connectivity index (χ0v) is 16.3. The molecule has 0 bridgehead atoms. The molecular formula is C20H14ClFN4OS. The summed E-state index contributed by atoms with van der Waals surface area (Å²) in [7, 11) is 1.90. The maximum atomic E-state index is 13.2. The maximum absolute atomic E-state index is 13.2. The molecule has 28 heavy (non-hydrogen) atoms. The number of aryl methyl sites for hydroxylation is 1. The summed E-state index contributed by atoms with van der Waals surface area (Å²) in [5.74, 6) is -0.208. The van der Waals surface area contributed by atoms with E-state index in [4.69, 9.17) is 11.6 Å². The summed E-state index contributed by atoms with van der Waals surface area (Å²) in [6.45, 7) is 0. The molecule has 0 radical (unpaired) electrons. The van der Waals surface area contributed by atoms with Gasteiger partial charge in [0, 0.05) is 25.0 Å². The number of carbonyl (C=O) groups excluding carboxylic acids is 1. The van der Waals surface area contributed by atoms with Crippen LogP contribution in [-0.2, 0) is 7.05 Å². The second-order valence-corrected chi connectivity index (χ2v) is 7.41. The van der Waals surface area contributed by atoms with Crippen molar-refractivity contribution in [2.45, 2.75) is 0 Å². The normalized spacial score (nSPS) is 10.8. The number of aromatic nitrogens is 3. The van der Waals surface area contributed by atoms with Gasteiger partial charge in [0.25, 0.3) is 5.91 Å². The van der Waals surface area contributed by atoms with Gasteiger partial charge in [0.05, 0.1) is 21.2 Å². The molecule has 0 aliphatic heterocycles. The minimum Gasteiger partial charge on any atom is -0.333 e.